The van der Waals surface area contributed by atoms with Gasteiger partial charge in [0.05, 0.1) is 12.6 Å². The van der Waals surface area contributed by atoms with Gasteiger partial charge < -0.3 is 13.8 Å². The van der Waals surface area contributed by atoms with Gasteiger partial charge in [-0.2, -0.15) is 5.06 Å². The number of rotatable bonds is 9. The lowest BCUT2D eigenvalue weighted by atomic mass is 10.1. The normalized spacial score (nSPS) is 18.4. The van der Waals surface area contributed by atoms with Gasteiger partial charge in [-0.05, 0) is 30.9 Å². The number of amides is 1. The molecule has 0 radical (unpaired) electrons. The maximum atomic E-state index is 13.9. The van der Waals surface area contributed by atoms with Crippen molar-refractivity contribution < 1.29 is 32.9 Å². The van der Waals surface area contributed by atoms with E-state index in [2.05, 4.69) is 0 Å². The number of carbonyl (C=O) groups is 2. The summed E-state index contributed by atoms with van der Waals surface area (Å²) in [6.45, 7) is 1.13. The molecule has 0 spiro atoms. The molecule has 2 atom stereocenters. The van der Waals surface area contributed by atoms with E-state index in [0.29, 0.717) is 19.3 Å². The van der Waals surface area contributed by atoms with E-state index in [1.165, 1.54) is 19.1 Å². The largest absolute Gasteiger partial charge is 0.433 e. The summed E-state index contributed by atoms with van der Waals surface area (Å²) in [4.78, 5) is 39.3. The number of hydroxylamine groups is 2. The molecule has 0 aliphatic carbocycles. The molecule has 11 heteroatoms. The Bertz CT molecular complexity index is 990. The van der Waals surface area contributed by atoms with E-state index in [-0.39, 0.29) is 25.1 Å². The highest BCUT2D eigenvalue weighted by Crippen LogP contribution is 2.56. The van der Waals surface area contributed by atoms with Crippen molar-refractivity contribution in [3.63, 3.8) is 0 Å². The molecule has 1 aliphatic heterocycles. The minimum atomic E-state index is -3.59. The van der Waals surface area contributed by atoms with Gasteiger partial charge in [0.1, 0.15) is 22.9 Å². The number of hydrogen-bond acceptors (Lipinski definition) is 8. The molecule has 1 aliphatic rings. The van der Waals surface area contributed by atoms with Gasteiger partial charge in [-0.15, -0.1) is 0 Å². The van der Waals surface area contributed by atoms with E-state index in [1.807, 2.05) is 30.3 Å². The fraction of sp³-hybridized carbons (Fsp3) is 0.400. The number of aryl methyl sites for hydroxylation is 1. The molecule has 166 valence electrons. The van der Waals surface area contributed by atoms with Crippen LogP contribution in [0.5, 0.6) is 0 Å². The summed E-state index contributed by atoms with van der Waals surface area (Å²) < 4.78 is 24.7. The number of carbonyl (C=O) groups excluding carboxylic acids is 2. The van der Waals surface area contributed by atoms with Crippen LogP contribution < -0.4 is 0 Å². The van der Waals surface area contributed by atoms with Gasteiger partial charge in [-0.25, -0.2) is 0 Å². The Hall–Kier alpha value is -2.97. The molecular formula is C20H23N2O8P. The van der Waals surface area contributed by atoms with Gasteiger partial charge in [0.25, 0.3) is 5.91 Å². The minimum Gasteiger partial charge on any atom is -0.403 e. The second-order valence-corrected chi connectivity index (χ2v) is 9.92. The molecule has 2 aromatic rings. The van der Waals surface area contributed by atoms with Crippen molar-refractivity contribution in [3.8, 4) is 0 Å². The zero-order chi connectivity index (χ0) is 22.4. The summed E-state index contributed by atoms with van der Waals surface area (Å²) in [6.07, 6.45) is 1.31. The first-order valence-electron chi connectivity index (χ1n) is 9.79. The molecule has 31 heavy (non-hydrogen) atoms. The van der Waals surface area contributed by atoms with Crippen LogP contribution in [0.2, 0.25) is 0 Å². The number of piperidine rings is 1. The monoisotopic (exact) mass is 450 g/mol. The zero-order valence-corrected chi connectivity index (χ0v) is 17.9. The number of benzene rings is 1. The van der Waals surface area contributed by atoms with Crippen LogP contribution in [0.4, 0.5) is 5.88 Å². The smallest absolute Gasteiger partial charge is 0.403 e. The van der Waals surface area contributed by atoms with Crippen molar-refractivity contribution in [2.75, 3.05) is 12.7 Å². The van der Waals surface area contributed by atoms with Crippen LogP contribution in [-0.4, -0.2) is 40.2 Å². The SMILES string of the molecule is CC(=O)ON1CCCC(P(=O)(CCc2ccccc2)OCc2ccc([N+](=O)[O-])o2)C1=O. The van der Waals surface area contributed by atoms with Crippen molar-refractivity contribution in [1.82, 2.24) is 5.06 Å². The van der Waals surface area contributed by atoms with Crippen LogP contribution in [0.25, 0.3) is 0 Å². The lowest BCUT2D eigenvalue weighted by Crippen LogP contribution is -2.45. The zero-order valence-electron chi connectivity index (χ0n) is 17.0. The Balaban J connectivity index is 1.80. The molecule has 2 heterocycles. The number of nitro groups is 1. The first-order valence-corrected chi connectivity index (χ1v) is 11.7. The van der Waals surface area contributed by atoms with Gasteiger partial charge in [-0.1, -0.05) is 30.3 Å². The molecule has 1 aromatic heterocycles. The maximum Gasteiger partial charge on any atom is 0.433 e. The van der Waals surface area contributed by atoms with Crippen molar-refractivity contribution in [2.24, 2.45) is 0 Å². The lowest BCUT2D eigenvalue weighted by Gasteiger charge is -2.34. The average Bonchev–Trinajstić information content (AvgIpc) is 3.22. The average molecular weight is 450 g/mol. The van der Waals surface area contributed by atoms with Crippen molar-refractivity contribution in [2.45, 2.75) is 38.5 Å². The second-order valence-electron chi connectivity index (χ2n) is 7.14. The van der Waals surface area contributed by atoms with E-state index >= 15 is 0 Å². The predicted octanol–water partition coefficient (Wildman–Crippen LogP) is 3.69. The third-order valence-corrected chi connectivity index (χ3v) is 7.73. The Morgan fingerprint density at radius 2 is 2.03 bits per heavy atom. The maximum absolute atomic E-state index is 13.9. The van der Waals surface area contributed by atoms with Crippen molar-refractivity contribution >= 4 is 25.1 Å². The Kier molecular flexibility index (Phi) is 7.25. The summed E-state index contributed by atoms with van der Waals surface area (Å²) in [5, 5.41) is 11.8. The van der Waals surface area contributed by atoms with Gasteiger partial charge in [0.2, 0.25) is 7.37 Å². The van der Waals surface area contributed by atoms with E-state index < -0.39 is 35.7 Å². The first-order chi connectivity index (χ1) is 14.8. The van der Waals surface area contributed by atoms with Crippen LogP contribution >= 0.6 is 7.37 Å². The molecule has 1 aromatic carbocycles. The second kappa shape index (κ2) is 9.89. The number of furan rings is 1. The molecule has 1 amide bonds. The first kappa shape index (κ1) is 22.7. The Morgan fingerprint density at radius 1 is 1.29 bits per heavy atom. The molecule has 10 nitrogen and oxygen atoms in total. The minimum absolute atomic E-state index is 0.0874. The molecule has 1 fully saturated rings. The standard InChI is InChI=1S/C20H23N2O8P/c1-15(23)30-21-12-5-8-18(20(21)24)31(27,13-11-16-6-3-2-4-7-16)28-14-17-9-10-19(29-17)22(25)26/h2-4,6-7,9-10,18H,5,8,11-14H2,1H3. The molecule has 0 saturated carbocycles. The van der Waals surface area contributed by atoms with E-state index in [4.69, 9.17) is 13.8 Å². The lowest BCUT2D eigenvalue weighted by molar-refractivity contribution is -0.402. The van der Waals surface area contributed by atoms with Crippen molar-refractivity contribution in [1.29, 1.82) is 0 Å². The van der Waals surface area contributed by atoms with Crippen molar-refractivity contribution in [3.05, 3.63) is 63.9 Å². The number of hydrogen-bond donors (Lipinski definition) is 0. The topological polar surface area (TPSA) is 129 Å². The quantitative estimate of drug-likeness (QED) is 0.321. The van der Waals surface area contributed by atoms with Gasteiger partial charge in [0.15, 0.2) is 0 Å². The summed E-state index contributed by atoms with van der Waals surface area (Å²) in [6, 6.07) is 11.9. The summed E-state index contributed by atoms with van der Waals surface area (Å²) in [5.41, 5.74) is -0.0469. The molecule has 1 saturated heterocycles. The highest BCUT2D eigenvalue weighted by molar-refractivity contribution is 7.60. The van der Waals surface area contributed by atoms with E-state index in [1.54, 1.807) is 0 Å². The Labute approximate surface area is 178 Å². The number of nitrogens with zero attached hydrogens (tertiary/aromatic N) is 2. The van der Waals surface area contributed by atoms with Crippen LogP contribution in [0.15, 0.2) is 46.9 Å². The molecule has 0 N–H and O–H groups in total. The molecular weight excluding hydrogens is 427 g/mol. The Morgan fingerprint density at radius 3 is 2.68 bits per heavy atom. The highest BCUT2D eigenvalue weighted by atomic mass is 31.2. The summed E-state index contributed by atoms with van der Waals surface area (Å²) in [7, 11) is -3.59. The predicted molar refractivity (Wildman–Crippen MR) is 109 cm³/mol. The fourth-order valence-corrected chi connectivity index (χ4v) is 5.97. The van der Waals surface area contributed by atoms with Crippen LogP contribution in [-0.2, 0) is 36.5 Å². The third-order valence-electron chi connectivity index (χ3n) is 4.89. The summed E-state index contributed by atoms with van der Waals surface area (Å²) in [5.74, 6) is -1.53. The van der Waals surface area contributed by atoms with Crippen LogP contribution in [0.1, 0.15) is 31.1 Å². The van der Waals surface area contributed by atoms with E-state index in [0.717, 1.165) is 10.6 Å². The fourth-order valence-electron chi connectivity index (χ4n) is 3.39. The van der Waals surface area contributed by atoms with Crippen LogP contribution in [0, 0.1) is 10.1 Å². The van der Waals surface area contributed by atoms with Gasteiger partial charge in [0, 0.05) is 13.1 Å². The molecule has 3 rings (SSSR count). The summed E-state index contributed by atoms with van der Waals surface area (Å²) >= 11 is 0. The third kappa shape index (κ3) is 5.80. The van der Waals surface area contributed by atoms with Gasteiger partial charge >= 0.3 is 11.9 Å². The highest BCUT2D eigenvalue weighted by Gasteiger charge is 2.44. The molecule has 0 bridgehead atoms. The van der Waals surface area contributed by atoms with Crippen LogP contribution in [0.3, 0.4) is 0 Å². The van der Waals surface area contributed by atoms with Gasteiger partial charge in [-0.3, -0.25) is 24.3 Å². The molecule has 2 unspecified atom stereocenters. The van der Waals surface area contributed by atoms with E-state index in [9.17, 15) is 24.3 Å².